The molecular formula is C22H27N3O2S. The second-order valence-corrected chi connectivity index (χ2v) is 8.69. The van der Waals surface area contributed by atoms with Crippen LogP contribution in [0.5, 0.6) is 0 Å². The van der Waals surface area contributed by atoms with E-state index < -0.39 is 0 Å². The molecule has 1 aromatic heterocycles. The summed E-state index contributed by atoms with van der Waals surface area (Å²) in [5, 5.41) is 1.19. The molecule has 2 unspecified atom stereocenters. The number of amides is 1. The Hall–Kier alpha value is -2.08. The van der Waals surface area contributed by atoms with Gasteiger partial charge >= 0.3 is 0 Å². The Labute approximate surface area is 169 Å². The molecule has 1 aliphatic carbocycles. The summed E-state index contributed by atoms with van der Waals surface area (Å²) >= 11 is 1.37. The zero-order chi connectivity index (χ0) is 19.5. The first-order chi connectivity index (χ1) is 13.7. The van der Waals surface area contributed by atoms with Crippen LogP contribution in [0.25, 0.3) is 10.9 Å². The van der Waals surface area contributed by atoms with Crippen LogP contribution in [0.15, 0.2) is 46.9 Å². The van der Waals surface area contributed by atoms with Crippen LogP contribution in [0, 0.1) is 5.92 Å². The molecule has 148 valence electrons. The highest BCUT2D eigenvalue weighted by Crippen LogP contribution is 2.35. The Balaban J connectivity index is 1.54. The second kappa shape index (κ2) is 8.52. The molecule has 1 aliphatic heterocycles. The van der Waals surface area contributed by atoms with Crippen molar-refractivity contribution in [3.05, 3.63) is 47.3 Å². The number of hydrogen-bond donors (Lipinski definition) is 0. The summed E-state index contributed by atoms with van der Waals surface area (Å²) in [7, 11) is 0. The summed E-state index contributed by atoms with van der Waals surface area (Å²) in [6, 6.07) is 7.77. The monoisotopic (exact) mass is 397 g/mol. The fourth-order valence-electron chi connectivity index (χ4n) is 4.69. The molecule has 2 fully saturated rings. The van der Waals surface area contributed by atoms with E-state index in [0.717, 1.165) is 19.4 Å². The topological polar surface area (TPSA) is 55.2 Å². The van der Waals surface area contributed by atoms with E-state index >= 15 is 0 Å². The van der Waals surface area contributed by atoms with Gasteiger partial charge in [-0.15, -0.1) is 6.58 Å². The Morgan fingerprint density at radius 3 is 2.86 bits per heavy atom. The van der Waals surface area contributed by atoms with Gasteiger partial charge in [0, 0.05) is 19.1 Å². The SMILES string of the molecule is C=CCn1c(SCC(=O)N2CCCC3CCCCC32)nc2ccccc2c1=O. The number of carbonyl (C=O) groups is 1. The first-order valence-corrected chi connectivity index (χ1v) is 11.2. The molecule has 0 spiro atoms. The number of carbonyl (C=O) groups excluding carboxylic acids is 1. The van der Waals surface area contributed by atoms with Gasteiger partial charge in [0.1, 0.15) is 0 Å². The minimum atomic E-state index is -0.0780. The summed E-state index contributed by atoms with van der Waals surface area (Å²) < 4.78 is 1.62. The predicted molar refractivity (Wildman–Crippen MR) is 114 cm³/mol. The molecule has 2 heterocycles. The molecule has 0 bridgehead atoms. The molecule has 0 radical (unpaired) electrons. The number of fused-ring (bicyclic) bond motifs is 2. The largest absolute Gasteiger partial charge is 0.339 e. The van der Waals surface area contributed by atoms with Gasteiger partial charge < -0.3 is 4.90 Å². The molecule has 1 amide bonds. The van der Waals surface area contributed by atoms with Gasteiger partial charge in [0.15, 0.2) is 5.16 Å². The van der Waals surface area contributed by atoms with E-state index in [1.165, 1.54) is 37.4 Å². The Morgan fingerprint density at radius 1 is 1.21 bits per heavy atom. The average molecular weight is 398 g/mol. The Bertz CT molecular complexity index is 937. The zero-order valence-electron chi connectivity index (χ0n) is 16.2. The van der Waals surface area contributed by atoms with Crippen LogP contribution >= 0.6 is 11.8 Å². The van der Waals surface area contributed by atoms with Crippen LogP contribution in [0.1, 0.15) is 38.5 Å². The van der Waals surface area contributed by atoms with Gasteiger partial charge in [-0.05, 0) is 43.7 Å². The van der Waals surface area contributed by atoms with Crippen LogP contribution in [-0.2, 0) is 11.3 Å². The van der Waals surface area contributed by atoms with E-state index in [9.17, 15) is 9.59 Å². The van der Waals surface area contributed by atoms with Gasteiger partial charge in [-0.3, -0.25) is 14.2 Å². The molecule has 28 heavy (non-hydrogen) atoms. The molecule has 2 aromatic rings. The van der Waals surface area contributed by atoms with Gasteiger partial charge in [-0.1, -0.05) is 42.8 Å². The number of hydrogen-bond acceptors (Lipinski definition) is 4. The summed E-state index contributed by atoms with van der Waals surface area (Å²) in [4.78, 5) is 32.6. The summed E-state index contributed by atoms with van der Waals surface area (Å²) in [5.41, 5.74) is 0.596. The van der Waals surface area contributed by atoms with Crippen molar-refractivity contribution in [2.24, 2.45) is 5.92 Å². The van der Waals surface area contributed by atoms with E-state index in [1.54, 1.807) is 16.7 Å². The minimum absolute atomic E-state index is 0.0780. The van der Waals surface area contributed by atoms with Gasteiger partial charge in [0.25, 0.3) is 5.56 Å². The number of piperidine rings is 1. The lowest BCUT2D eigenvalue weighted by molar-refractivity contribution is -0.134. The van der Waals surface area contributed by atoms with E-state index in [4.69, 9.17) is 0 Å². The van der Waals surface area contributed by atoms with Crippen molar-refractivity contribution in [2.45, 2.75) is 56.3 Å². The number of rotatable bonds is 5. The molecule has 2 aliphatic rings. The third-order valence-corrected chi connectivity index (χ3v) is 6.99. The number of nitrogens with zero attached hydrogens (tertiary/aromatic N) is 3. The van der Waals surface area contributed by atoms with E-state index in [2.05, 4.69) is 16.5 Å². The summed E-state index contributed by atoms with van der Waals surface area (Å²) in [5.74, 6) is 1.17. The smallest absolute Gasteiger partial charge is 0.262 e. The van der Waals surface area contributed by atoms with Gasteiger partial charge in [-0.2, -0.15) is 0 Å². The predicted octanol–water partition coefficient (Wildman–Crippen LogP) is 3.86. The highest BCUT2D eigenvalue weighted by molar-refractivity contribution is 7.99. The molecule has 1 aromatic carbocycles. The van der Waals surface area contributed by atoms with Crippen molar-refractivity contribution in [1.29, 1.82) is 0 Å². The number of thioether (sulfide) groups is 1. The van der Waals surface area contributed by atoms with Crippen molar-refractivity contribution in [3.8, 4) is 0 Å². The third-order valence-electron chi connectivity index (χ3n) is 6.03. The fourth-order valence-corrected chi connectivity index (χ4v) is 5.59. The molecule has 0 N–H and O–H groups in total. The van der Waals surface area contributed by atoms with E-state index in [-0.39, 0.29) is 11.5 Å². The molecule has 4 rings (SSSR count). The van der Waals surface area contributed by atoms with Crippen LogP contribution in [0.2, 0.25) is 0 Å². The number of para-hydroxylation sites is 1. The Kier molecular flexibility index (Phi) is 5.85. The maximum absolute atomic E-state index is 13.0. The van der Waals surface area contributed by atoms with Crippen molar-refractivity contribution < 1.29 is 4.79 Å². The lowest BCUT2D eigenvalue weighted by Gasteiger charge is -2.44. The van der Waals surface area contributed by atoms with Gasteiger partial charge in [0.05, 0.1) is 16.7 Å². The van der Waals surface area contributed by atoms with Crippen molar-refractivity contribution >= 4 is 28.6 Å². The highest BCUT2D eigenvalue weighted by Gasteiger charge is 2.35. The van der Waals surface area contributed by atoms with Crippen LogP contribution < -0.4 is 5.56 Å². The summed E-state index contributed by atoms with van der Waals surface area (Å²) in [6.45, 7) is 5.02. The number of aromatic nitrogens is 2. The first-order valence-electron chi connectivity index (χ1n) is 10.2. The van der Waals surface area contributed by atoms with Crippen LogP contribution in [-0.4, -0.2) is 38.7 Å². The molecule has 5 nitrogen and oxygen atoms in total. The first kappa shape index (κ1) is 19.2. The van der Waals surface area contributed by atoms with Gasteiger partial charge in [0.2, 0.25) is 5.91 Å². The molecule has 2 atom stereocenters. The normalized spacial score (nSPS) is 22.1. The van der Waals surface area contributed by atoms with E-state index in [1.807, 2.05) is 18.2 Å². The number of allylic oxidation sites excluding steroid dienone is 1. The average Bonchev–Trinajstić information content (AvgIpc) is 2.74. The lowest BCUT2D eigenvalue weighted by atomic mass is 9.78. The second-order valence-electron chi connectivity index (χ2n) is 7.75. The molecule has 6 heteroatoms. The maximum Gasteiger partial charge on any atom is 0.262 e. The lowest BCUT2D eigenvalue weighted by Crippen LogP contribution is -2.50. The maximum atomic E-state index is 13.0. The van der Waals surface area contributed by atoms with Crippen molar-refractivity contribution in [2.75, 3.05) is 12.3 Å². The standard InChI is InChI=1S/C22H27N3O2S/c1-2-13-25-21(27)17-10-4-5-11-18(17)23-22(25)28-15-20(26)24-14-7-9-16-8-3-6-12-19(16)24/h2,4-5,10-11,16,19H,1,3,6-9,12-15H2. The number of benzene rings is 1. The molecular weight excluding hydrogens is 370 g/mol. The van der Waals surface area contributed by atoms with Crippen LogP contribution in [0.3, 0.4) is 0 Å². The zero-order valence-corrected chi connectivity index (χ0v) is 17.0. The van der Waals surface area contributed by atoms with Crippen LogP contribution in [0.4, 0.5) is 0 Å². The third kappa shape index (κ3) is 3.75. The fraction of sp³-hybridized carbons (Fsp3) is 0.500. The Morgan fingerprint density at radius 2 is 2.00 bits per heavy atom. The van der Waals surface area contributed by atoms with Crippen molar-refractivity contribution in [1.82, 2.24) is 14.5 Å². The quantitative estimate of drug-likeness (QED) is 0.437. The van der Waals surface area contributed by atoms with Crippen molar-refractivity contribution in [3.63, 3.8) is 0 Å². The minimum Gasteiger partial charge on any atom is -0.339 e. The van der Waals surface area contributed by atoms with E-state index in [0.29, 0.717) is 40.3 Å². The molecule has 1 saturated heterocycles. The van der Waals surface area contributed by atoms with Gasteiger partial charge in [-0.25, -0.2) is 4.98 Å². The summed E-state index contributed by atoms with van der Waals surface area (Å²) in [6.07, 6.45) is 8.97. The number of likely N-dealkylation sites (tertiary alicyclic amines) is 1. The molecule has 1 saturated carbocycles. The highest BCUT2D eigenvalue weighted by atomic mass is 32.2.